The maximum Gasteiger partial charge on any atom is 0.423 e. The lowest BCUT2D eigenvalue weighted by molar-refractivity contribution is -0.263. The number of hydrogen-bond donors (Lipinski definition) is 2. The number of piperazine rings is 1. The standard InChI is InChI=1S/C18H23F3N4O2/c1-22-16(24-9-10-25(14-7-8-14)15(26)11-24)23-12-17(27,18(19,20)21)13-5-3-2-4-6-13/h2-6,14,27H,7-12H2,1H3,(H,22,23). The van der Waals surface area contributed by atoms with Gasteiger partial charge >= 0.3 is 6.18 Å². The molecule has 148 valence electrons. The van der Waals surface area contributed by atoms with Crippen LogP contribution >= 0.6 is 0 Å². The van der Waals surface area contributed by atoms with Crippen molar-refractivity contribution in [2.45, 2.75) is 30.7 Å². The Morgan fingerprint density at radius 2 is 1.93 bits per heavy atom. The fourth-order valence-corrected chi connectivity index (χ4v) is 3.26. The van der Waals surface area contributed by atoms with E-state index >= 15 is 0 Å². The molecule has 0 bridgehead atoms. The number of benzene rings is 1. The second kappa shape index (κ2) is 7.38. The number of nitrogens with one attached hydrogen (secondary N) is 1. The molecule has 1 heterocycles. The zero-order chi connectivity index (χ0) is 19.7. The lowest BCUT2D eigenvalue weighted by Gasteiger charge is -2.37. The van der Waals surface area contributed by atoms with Crippen LogP contribution in [0.3, 0.4) is 0 Å². The van der Waals surface area contributed by atoms with E-state index in [0.717, 1.165) is 12.8 Å². The molecule has 27 heavy (non-hydrogen) atoms. The van der Waals surface area contributed by atoms with Crippen LogP contribution in [0.4, 0.5) is 13.2 Å². The average molecular weight is 384 g/mol. The second-order valence-electron chi connectivity index (χ2n) is 6.86. The van der Waals surface area contributed by atoms with Crippen LogP contribution in [0.15, 0.2) is 35.3 Å². The summed E-state index contributed by atoms with van der Waals surface area (Å²) in [6.45, 7) is 0.264. The van der Waals surface area contributed by atoms with Crippen LogP contribution in [-0.4, -0.2) is 72.2 Å². The molecule has 1 saturated carbocycles. The van der Waals surface area contributed by atoms with Crippen molar-refractivity contribution in [2.24, 2.45) is 4.99 Å². The third-order valence-electron chi connectivity index (χ3n) is 4.98. The van der Waals surface area contributed by atoms with Gasteiger partial charge in [-0.3, -0.25) is 9.79 Å². The SMILES string of the molecule is CN=C(NCC(O)(c1ccccc1)C(F)(F)F)N1CCN(C2CC2)C(=O)C1. The van der Waals surface area contributed by atoms with Crippen molar-refractivity contribution in [3.05, 3.63) is 35.9 Å². The van der Waals surface area contributed by atoms with Crippen LogP contribution in [0.5, 0.6) is 0 Å². The lowest BCUT2D eigenvalue weighted by atomic mass is 9.93. The first-order valence-electron chi connectivity index (χ1n) is 8.86. The normalized spacial score (nSPS) is 21.2. The number of carbonyl (C=O) groups excluding carboxylic acids is 1. The molecule has 1 unspecified atom stereocenters. The number of alkyl halides is 3. The summed E-state index contributed by atoms with van der Waals surface area (Å²) in [5.74, 6) is 0.109. The van der Waals surface area contributed by atoms with Crippen molar-refractivity contribution in [2.75, 3.05) is 33.2 Å². The van der Waals surface area contributed by atoms with Crippen LogP contribution in [-0.2, 0) is 10.4 Å². The first-order valence-corrected chi connectivity index (χ1v) is 8.86. The van der Waals surface area contributed by atoms with Crippen LogP contribution in [0.2, 0.25) is 0 Å². The van der Waals surface area contributed by atoms with Gasteiger partial charge in [0.25, 0.3) is 0 Å². The van der Waals surface area contributed by atoms with Gasteiger partial charge in [-0.25, -0.2) is 0 Å². The van der Waals surface area contributed by atoms with Crippen LogP contribution < -0.4 is 5.32 Å². The van der Waals surface area contributed by atoms with E-state index in [1.165, 1.54) is 31.3 Å². The Morgan fingerprint density at radius 1 is 1.26 bits per heavy atom. The van der Waals surface area contributed by atoms with E-state index in [1.807, 2.05) is 4.90 Å². The van der Waals surface area contributed by atoms with Gasteiger partial charge in [-0.15, -0.1) is 0 Å². The highest BCUT2D eigenvalue weighted by molar-refractivity contribution is 5.88. The Morgan fingerprint density at radius 3 is 2.44 bits per heavy atom. The number of aliphatic hydroxyl groups is 1. The van der Waals surface area contributed by atoms with Crippen LogP contribution in [0, 0.1) is 0 Å². The molecular weight excluding hydrogens is 361 g/mol. The highest BCUT2D eigenvalue weighted by Gasteiger charge is 2.55. The van der Waals surface area contributed by atoms with Gasteiger partial charge in [-0.1, -0.05) is 30.3 Å². The third-order valence-corrected chi connectivity index (χ3v) is 4.98. The summed E-state index contributed by atoms with van der Waals surface area (Å²) in [7, 11) is 1.44. The van der Waals surface area contributed by atoms with E-state index in [0.29, 0.717) is 19.1 Å². The molecule has 6 nitrogen and oxygen atoms in total. The second-order valence-corrected chi connectivity index (χ2v) is 6.86. The molecule has 2 N–H and O–H groups in total. The minimum atomic E-state index is -4.87. The quantitative estimate of drug-likeness (QED) is 0.607. The predicted molar refractivity (Wildman–Crippen MR) is 94.1 cm³/mol. The molecule has 1 saturated heterocycles. The number of amides is 1. The molecule has 0 spiro atoms. The fraction of sp³-hybridized carbons (Fsp3) is 0.556. The van der Waals surface area contributed by atoms with E-state index in [4.69, 9.17) is 0 Å². The molecule has 1 aliphatic carbocycles. The Kier molecular flexibility index (Phi) is 5.32. The van der Waals surface area contributed by atoms with Gasteiger partial charge in [0, 0.05) is 26.2 Å². The highest BCUT2D eigenvalue weighted by atomic mass is 19.4. The van der Waals surface area contributed by atoms with Gasteiger partial charge in [-0.05, 0) is 18.4 Å². The minimum Gasteiger partial charge on any atom is -0.375 e. The highest BCUT2D eigenvalue weighted by Crippen LogP contribution is 2.38. The molecule has 1 aromatic carbocycles. The summed E-state index contributed by atoms with van der Waals surface area (Å²) >= 11 is 0. The molecule has 3 rings (SSSR count). The minimum absolute atomic E-state index is 0.0548. The molecule has 2 fully saturated rings. The lowest BCUT2D eigenvalue weighted by Crippen LogP contribution is -2.58. The average Bonchev–Trinajstić information content (AvgIpc) is 3.47. The Bertz CT molecular complexity index is 706. The van der Waals surface area contributed by atoms with Crippen molar-refractivity contribution in [1.82, 2.24) is 15.1 Å². The van der Waals surface area contributed by atoms with E-state index in [9.17, 15) is 23.1 Å². The Labute approximate surface area is 155 Å². The van der Waals surface area contributed by atoms with Crippen molar-refractivity contribution in [3.8, 4) is 0 Å². The van der Waals surface area contributed by atoms with Crippen LogP contribution in [0.25, 0.3) is 0 Å². The maximum absolute atomic E-state index is 13.6. The molecule has 9 heteroatoms. The van der Waals surface area contributed by atoms with Crippen LogP contribution in [0.1, 0.15) is 18.4 Å². The summed E-state index contributed by atoms with van der Waals surface area (Å²) in [5.41, 5.74) is -3.32. The number of hydrogen-bond acceptors (Lipinski definition) is 3. The zero-order valence-corrected chi connectivity index (χ0v) is 15.0. The van der Waals surface area contributed by atoms with Gasteiger partial charge in [0.05, 0.1) is 13.1 Å². The maximum atomic E-state index is 13.6. The number of nitrogens with zero attached hydrogens (tertiary/aromatic N) is 3. The number of carbonyl (C=O) groups is 1. The van der Waals surface area contributed by atoms with Gasteiger partial charge in [-0.2, -0.15) is 13.2 Å². The Balaban J connectivity index is 1.69. The number of halogens is 3. The summed E-state index contributed by atoms with van der Waals surface area (Å²) in [6.07, 6.45) is -2.86. The predicted octanol–water partition coefficient (Wildman–Crippen LogP) is 1.32. The topological polar surface area (TPSA) is 68.2 Å². The van der Waals surface area contributed by atoms with E-state index in [1.54, 1.807) is 11.0 Å². The largest absolute Gasteiger partial charge is 0.423 e. The first kappa shape index (κ1) is 19.5. The first-order chi connectivity index (χ1) is 12.8. The molecule has 0 radical (unpaired) electrons. The number of aliphatic imine (C=N–C) groups is 1. The molecule has 2 aliphatic rings. The summed E-state index contributed by atoms with van der Waals surface area (Å²) in [6, 6.07) is 7.24. The Hall–Kier alpha value is -2.29. The summed E-state index contributed by atoms with van der Waals surface area (Å²) in [5, 5.41) is 13.0. The summed E-state index contributed by atoms with van der Waals surface area (Å²) < 4.78 is 40.8. The van der Waals surface area contributed by atoms with Gasteiger partial charge in [0.2, 0.25) is 11.5 Å². The zero-order valence-electron chi connectivity index (χ0n) is 15.0. The molecule has 1 amide bonds. The van der Waals surface area contributed by atoms with Crippen molar-refractivity contribution in [1.29, 1.82) is 0 Å². The van der Waals surface area contributed by atoms with Gasteiger partial charge in [0.15, 0.2) is 5.96 Å². The molecule has 1 aromatic rings. The third kappa shape index (κ3) is 4.02. The number of guanidine groups is 1. The smallest absolute Gasteiger partial charge is 0.375 e. The molecule has 1 aliphatic heterocycles. The van der Waals surface area contributed by atoms with Crippen molar-refractivity contribution in [3.63, 3.8) is 0 Å². The van der Waals surface area contributed by atoms with E-state index in [2.05, 4.69) is 10.3 Å². The van der Waals surface area contributed by atoms with Gasteiger partial charge < -0.3 is 20.2 Å². The van der Waals surface area contributed by atoms with Gasteiger partial charge in [0.1, 0.15) is 0 Å². The van der Waals surface area contributed by atoms with E-state index < -0.39 is 18.3 Å². The molecule has 1 atom stereocenters. The molecular formula is C18H23F3N4O2. The monoisotopic (exact) mass is 384 g/mol. The fourth-order valence-electron chi connectivity index (χ4n) is 3.26. The van der Waals surface area contributed by atoms with Crippen molar-refractivity contribution < 1.29 is 23.1 Å². The van der Waals surface area contributed by atoms with Crippen molar-refractivity contribution >= 4 is 11.9 Å². The number of rotatable bonds is 4. The molecule has 0 aromatic heterocycles. The summed E-state index contributed by atoms with van der Waals surface area (Å²) in [4.78, 5) is 19.7. The van der Waals surface area contributed by atoms with E-state index in [-0.39, 0.29) is 24.0 Å².